The van der Waals surface area contributed by atoms with Gasteiger partial charge >= 0.3 is 11.9 Å². The second-order valence-electron chi connectivity index (χ2n) is 12.2. The van der Waals surface area contributed by atoms with Gasteiger partial charge in [0.1, 0.15) is 11.2 Å². The number of carbonyl (C=O) groups is 2. The molecule has 0 spiro atoms. The zero-order chi connectivity index (χ0) is 20.7. The highest BCUT2D eigenvalue weighted by Gasteiger charge is 2.58. The van der Waals surface area contributed by atoms with Crippen LogP contribution >= 0.6 is 0 Å². The summed E-state index contributed by atoms with van der Waals surface area (Å²) < 4.78 is 12.1. The lowest BCUT2D eigenvalue weighted by Crippen LogP contribution is -2.58. The first-order chi connectivity index (χ1) is 14.3. The first-order valence-electron chi connectivity index (χ1n) is 12.5. The molecule has 0 amide bonds. The smallest absolute Gasteiger partial charge is 0.331 e. The topological polar surface area (TPSA) is 52.6 Å². The van der Waals surface area contributed by atoms with Crippen molar-refractivity contribution < 1.29 is 19.1 Å². The van der Waals surface area contributed by atoms with Gasteiger partial charge in [0.05, 0.1) is 0 Å². The van der Waals surface area contributed by atoms with Gasteiger partial charge in [-0.25, -0.2) is 9.59 Å². The van der Waals surface area contributed by atoms with Gasteiger partial charge < -0.3 is 9.47 Å². The van der Waals surface area contributed by atoms with Crippen molar-refractivity contribution in [3.05, 3.63) is 12.2 Å². The molecule has 0 aromatic carbocycles. The fourth-order valence-electron chi connectivity index (χ4n) is 9.21. The van der Waals surface area contributed by atoms with Crippen molar-refractivity contribution in [3.63, 3.8) is 0 Å². The lowest BCUT2D eigenvalue weighted by Gasteiger charge is -2.59. The van der Waals surface area contributed by atoms with Crippen LogP contribution in [0.15, 0.2) is 12.2 Å². The summed E-state index contributed by atoms with van der Waals surface area (Å²) in [5.74, 6) is 4.57. The summed E-state index contributed by atoms with van der Waals surface area (Å²) >= 11 is 0. The molecule has 164 valence electrons. The van der Waals surface area contributed by atoms with E-state index in [1.165, 1.54) is 76.4 Å². The minimum atomic E-state index is -0.378. The van der Waals surface area contributed by atoms with E-state index in [0.29, 0.717) is 23.7 Å². The average molecular weight is 413 g/mol. The summed E-state index contributed by atoms with van der Waals surface area (Å²) in [7, 11) is 0. The van der Waals surface area contributed by atoms with Gasteiger partial charge in [0.25, 0.3) is 0 Å². The van der Waals surface area contributed by atoms with Crippen LogP contribution in [0.4, 0.5) is 0 Å². The number of ether oxygens (including phenoxy) is 2. The lowest BCUT2D eigenvalue weighted by molar-refractivity contribution is -0.200. The molecule has 0 radical (unpaired) electrons. The predicted molar refractivity (Wildman–Crippen MR) is 112 cm³/mol. The Balaban J connectivity index is 1.09. The van der Waals surface area contributed by atoms with E-state index in [4.69, 9.17) is 9.47 Å². The standard InChI is InChI=1S/C26H36O4/c1-25(19-7-15-5-16(9-19)10-20(25)8-15)29-23(27)3-4-24(28)30-26(2)21-11-17-6-18(13-21)14-22(26)12-17/h3-4,15-22H,5-14H2,1-2H3/b4-3+. The van der Waals surface area contributed by atoms with Gasteiger partial charge in [0, 0.05) is 12.2 Å². The summed E-state index contributed by atoms with van der Waals surface area (Å²) in [5, 5.41) is 0. The molecule has 8 rings (SSSR count). The van der Waals surface area contributed by atoms with Gasteiger partial charge in [0.2, 0.25) is 0 Å². The van der Waals surface area contributed by atoms with E-state index in [9.17, 15) is 9.59 Å². The average Bonchev–Trinajstić information content (AvgIpc) is 2.68. The Bertz CT molecular complexity index is 660. The van der Waals surface area contributed by atoms with Crippen LogP contribution in [0.1, 0.15) is 78.1 Å². The van der Waals surface area contributed by atoms with Gasteiger partial charge in [0.15, 0.2) is 0 Å². The maximum Gasteiger partial charge on any atom is 0.331 e. The van der Waals surface area contributed by atoms with Crippen molar-refractivity contribution in [2.75, 3.05) is 0 Å². The molecule has 0 N–H and O–H groups in total. The molecule has 8 aliphatic carbocycles. The van der Waals surface area contributed by atoms with Crippen molar-refractivity contribution in [2.45, 2.75) is 89.3 Å². The fraction of sp³-hybridized carbons (Fsp3) is 0.846. The molecule has 8 bridgehead atoms. The molecule has 4 nitrogen and oxygen atoms in total. The van der Waals surface area contributed by atoms with Gasteiger partial charge in [-0.05, 0) is 125 Å². The number of rotatable bonds is 4. The Morgan fingerprint density at radius 3 is 1.10 bits per heavy atom. The molecule has 0 aromatic heterocycles. The van der Waals surface area contributed by atoms with E-state index in [-0.39, 0.29) is 23.1 Å². The molecule has 30 heavy (non-hydrogen) atoms. The largest absolute Gasteiger partial charge is 0.456 e. The monoisotopic (exact) mass is 412 g/mol. The highest BCUT2D eigenvalue weighted by Crippen LogP contribution is 2.60. The van der Waals surface area contributed by atoms with Crippen molar-refractivity contribution in [1.29, 1.82) is 0 Å². The number of carbonyl (C=O) groups excluding carboxylic acids is 2. The van der Waals surface area contributed by atoms with Crippen LogP contribution < -0.4 is 0 Å². The first-order valence-corrected chi connectivity index (χ1v) is 12.5. The van der Waals surface area contributed by atoms with E-state index < -0.39 is 0 Å². The maximum atomic E-state index is 12.6. The Kier molecular flexibility index (Phi) is 4.26. The SMILES string of the molecule is CC1(OC(=O)/C=C/C(=O)OC2(C)C3CC4CC(C3)CC2C4)C2CC3CC(C2)CC1C3. The number of hydrogen-bond donors (Lipinski definition) is 0. The van der Waals surface area contributed by atoms with E-state index in [1.54, 1.807) is 0 Å². The lowest BCUT2D eigenvalue weighted by atomic mass is 9.50. The van der Waals surface area contributed by atoms with E-state index in [2.05, 4.69) is 13.8 Å². The normalized spacial score (nSPS) is 52.7. The zero-order valence-corrected chi connectivity index (χ0v) is 18.5. The molecule has 8 aliphatic rings. The molecule has 8 fully saturated rings. The highest BCUT2D eigenvalue weighted by molar-refractivity contribution is 5.92. The predicted octanol–water partition coefficient (Wildman–Crippen LogP) is 5.06. The molecule has 0 atom stereocenters. The van der Waals surface area contributed by atoms with Gasteiger partial charge in [-0.2, -0.15) is 0 Å². The van der Waals surface area contributed by atoms with Crippen LogP contribution in [0.25, 0.3) is 0 Å². The molecule has 0 saturated heterocycles. The van der Waals surface area contributed by atoms with Crippen LogP contribution in [0.2, 0.25) is 0 Å². The third kappa shape index (κ3) is 2.92. The molecule has 0 aliphatic heterocycles. The summed E-state index contributed by atoms with van der Waals surface area (Å²) in [6, 6.07) is 0. The maximum absolute atomic E-state index is 12.6. The summed E-state index contributed by atoms with van der Waals surface area (Å²) in [6.07, 6.45) is 15.0. The number of esters is 2. The second kappa shape index (κ2) is 6.59. The molecule has 0 unspecified atom stereocenters. The fourth-order valence-corrected chi connectivity index (χ4v) is 9.21. The number of hydrogen-bond acceptors (Lipinski definition) is 4. The van der Waals surface area contributed by atoms with Gasteiger partial charge in [-0.3, -0.25) is 0 Å². The molecular formula is C26H36O4. The molecule has 8 saturated carbocycles. The minimum absolute atomic E-state index is 0.355. The molecule has 0 aromatic rings. The van der Waals surface area contributed by atoms with Gasteiger partial charge in [-0.15, -0.1) is 0 Å². The Morgan fingerprint density at radius 2 is 0.833 bits per heavy atom. The van der Waals surface area contributed by atoms with E-state index in [0.717, 1.165) is 23.7 Å². The second-order valence-corrected chi connectivity index (χ2v) is 12.2. The Hall–Kier alpha value is -1.32. The van der Waals surface area contributed by atoms with Crippen molar-refractivity contribution >= 4 is 11.9 Å². The molecular weight excluding hydrogens is 376 g/mol. The van der Waals surface area contributed by atoms with Crippen LogP contribution in [0.3, 0.4) is 0 Å². The Morgan fingerprint density at radius 1 is 0.567 bits per heavy atom. The summed E-state index contributed by atoms with van der Waals surface area (Å²) in [4.78, 5) is 25.3. The molecule has 4 heteroatoms. The van der Waals surface area contributed by atoms with Crippen molar-refractivity contribution in [3.8, 4) is 0 Å². The third-order valence-electron chi connectivity index (χ3n) is 10.5. The summed E-state index contributed by atoms with van der Waals surface area (Å²) in [6.45, 7) is 4.28. The van der Waals surface area contributed by atoms with Crippen LogP contribution in [-0.2, 0) is 19.1 Å². The first kappa shape index (κ1) is 19.4. The van der Waals surface area contributed by atoms with E-state index in [1.807, 2.05) is 0 Å². The third-order valence-corrected chi connectivity index (χ3v) is 10.5. The minimum Gasteiger partial charge on any atom is -0.456 e. The highest BCUT2D eigenvalue weighted by atomic mass is 16.6. The van der Waals surface area contributed by atoms with Crippen molar-refractivity contribution in [2.24, 2.45) is 47.3 Å². The zero-order valence-electron chi connectivity index (χ0n) is 18.5. The van der Waals surface area contributed by atoms with Crippen LogP contribution in [0.5, 0.6) is 0 Å². The Labute approximate surface area is 180 Å². The van der Waals surface area contributed by atoms with Crippen molar-refractivity contribution in [1.82, 2.24) is 0 Å². The van der Waals surface area contributed by atoms with E-state index >= 15 is 0 Å². The summed E-state index contributed by atoms with van der Waals surface area (Å²) in [5.41, 5.74) is -0.710. The van der Waals surface area contributed by atoms with Crippen LogP contribution in [0, 0.1) is 47.3 Å². The quantitative estimate of drug-likeness (QED) is 0.478. The molecule has 0 heterocycles. The van der Waals surface area contributed by atoms with Gasteiger partial charge in [-0.1, -0.05) is 0 Å². The van der Waals surface area contributed by atoms with Crippen LogP contribution in [-0.4, -0.2) is 23.1 Å².